The number of nitrogens with zero attached hydrogens (tertiary/aromatic N) is 5. The molecule has 7 nitrogen and oxygen atoms in total. The molecule has 0 spiro atoms. The number of benzene rings is 1. The lowest BCUT2D eigenvalue weighted by molar-refractivity contribution is -0.129. The largest absolute Gasteiger partial charge is 0.497 e. The summed E-state index contributed by atoms with van der Waals surface area (Å²) in [6, 6.07) is 8.24. The minimum atomic E-state index is 0.133. The quantitative estimate of drug-likeness (QED) is 0.461. The van der Waals surface area contributed by atoms with E-state index >= 15 is 0 Å². The molecule has 2 heterocycles. The van der Waals surface area contributed by atoms with Crippen LogP contribution in [0.4, 0.5) is 0 Å². The van der Waals surface area contributed by atoms with Gasteiger partial charge in [-0.05, 0) is 30.5 Å². The van der Waals surface area contributed by atoms with E-state index in [2.05, 4.69) is 15.1 Å². The summed E-state index contributed by atoms with van der Waals surface area (Å²) in [6.45, 7) is 0.625. The van der Waals surface area contributed by atoms with Gasteiger partial charge in [-0.2, -0.15) is 5.10 Å². The molecule has 0 saturated heterocycles. The van der Waals surface area contributed by atoms with Gasteiger partial charge in [0, 0.05) is 19.6 Å². The van der Waals surface area contributed by atoms with Gasteiger partial charge in [0.05, 0.1) is 24.4 Å². The molecule has 0 N–H and O–H groups in total. The first-order chi connectivity index (χ1) is 13.2. The Morgan fingerprint density at radius 2 is 2.07 bits per heavy atom. The maximum absolute atomic E-state index is 12.9. The van der Waals surface area contributed by atoms with Crippen LogP contribution in [0.25, 0.3) is 11.0 Å². The van der Waals surface area contributed by atoms with Gasteiger partial charge in [0.1, 0.15) is 17.1 Å². The number of rotatable bonds is 7. The number of carbonyl (C=O) groups excluding carboxylic acids is 1. The van der Waals surface area contributed by atoms with Gasteiger partial charge < -0.3 is 9.64 Å². The second-order valence-corrected chi connectivity index (χ2v) is 7.54. The minimum Gasteiger partial charge on any atom is -0.497 e. The third-order valence-corrected chi connectivity index (χ3v) is 5.64. The molecule has 8 heteroatoms. The molecule has 0 radical (unpaired) electrons. The van der Waals surface area contributed by atoms with Crippen LogP contribution in [-0.4, -0.2) is 49.5 Å². The lowest BCUT2D eigenvalue weighted by Gasteiger charge is -2.22. The van der Waals surface area contributed by atoms with Crippen LogP contribution in [0, 0.1) is 0 Å². The number of fused-ring (bicyclic) bond motifs is 1. The molecule has 3 aromatic rings. The predicted octanol–water partition coefficient (Wildman–Crippen LogP) is 2.66. The van der Waals surface area contributed by atoms with E-state index in [9.17, 15) is 4.79 Å². The Morgan fingerprint density at radius 3 is 2.78 bits per heavy atom. The first kappa shape index (κ1) is 17.8. The fourth-order valence-electron chi connectivity index (χ4n) is 3.00. The molecule has 2 aromatic heterocycles. The van der Waals surface area contributed by atoms with Crippen molar-refractivity contribution in [3.63, 3.8) is 0 Å². The van der Waals surface area contributed by atoms with E-state index in [1.807, 2.05) is 36.2 Å². The molecule has 140 valence electrons. The van der Waals surface area contributed by atoms with Gasteiger partial charge in [-0.15, -0.1) is 0 Å². The zero-order valence-electron chi connectivity index (χ0n) is 15.3. The summed E-state index contributed by atoms with van der Waals surface area (Å²) in [5, 5.41) is 5.90. The molecule has 0 bridgehead atoms. The van der Waals surface area contributed by atoms with Crippen molar-refractivity contribution in [2.75, 3.05) is 12.9 Å². The molecule has 1 amide bonds. The highest BCUT2D eigenvalue weighted by Crippen LogP contribution is 2.31. The number of hydrogen-bond acceptors (Lipinski definition) is 6. The van der Waals surface area contributed by atoms with Crippen molar-refractivity contribution < 1.29 is 9.53 Å². The number of carbonyl (C=O) groups is 1. The minimum absolute atomic E-state index is 0.133. The van der Waals surface area contributed by atoms with Crippen LogP contribution in [0.2, 0.25) is 0 Å². The summed E-state index contributed by atoms with van der Waals surface area (Å²) in [5.41, 5.74) is 1.88. The first-order valence-corrected chi connectivity index (χ1v) is 9.82. The number of aryl methyl sites for hydroxylation is 1. The Morgan fingerprint density at radius 1 is 1.30 bits per heavy atom. The Hall–Kier alpha value is -2.61. The monoisotopic (exact) mass is 383 g/mol. The molecule has 0 aliphatic heterocycles. The Labute approximate surface area is 161 Å². The van der Waals surface area contributed by atoms with Gasteiger partial charge in [0.25, 0.3) is 0 Å². The second-order valence-electron chi connectivity index (χ2n) is 6.57. The smallest absolute Gasteiger partial charge is 0.233 e. The van der Waals surface area contributed by atoms with Gasteiger partial charge >= 0.3 is 0 Å². The van der Waals surface area contributed by atoms with Gasteiger partial charge in [-0.1, -0.05) is 23.9 Å². The van der Waals surface area contributed by atoms with Gasteiger partial charge in [-0.3, -0.25) is 9.48 Å². The highest BCUT2D eigenvalue weighted by Gasteiger charge is 2.32. The fourth-order valence-corrected chi connectivity index (χ4v) is 3.85. The molecule has 1 aliphatic rings. The van der Waals surface area contributed by atoms with E-state index in [0.29, 0.717) is 18.3 Å². The lowest BCUT2D eigenvalue weighted by Crippen LogP contribution is -2.34. The molecule has 1 aromatic carbocycles. The van der Waals surface area contributed by atoms with Crippen molar-refractivity contribution in [1.29, 1.82) is 0 Å². The van der Waals surface area contributed by atoms with Crippen LogP contribution in [0.15, 0.2) is 41.8 Å². The number of amides is 1. The predicted molar refractivity (Wildman–Crippen MR) is 104 cm³/mol. The first-order valence-electron chi connectivity index (χ1n) is 8.83. The van der Waals surface area contributed by atoms with E-state index in [0.717, 1.165) is 40.2 Å². The topological polar surface area (TPSA) is 73.1 Å². The van der Waals surface area contributed by atoms with E-state index < -0.39 is 0 Å². The van der Waals surface area contributed by atoms with E-state index in [-0.39, 0.29) is 5.91 Å². The van der Waals surface area contributed by atoms with E-state index in [1.165, 1.54) is 18.1 Å². The van der Waals surface area contributed by atoms with Crippen molar-refractivity contribution in [1.82, 2.24) is 24.6 Å². The van der Waals surface area contributed by atoms with Crippen LogP contribution in [-0.2, 0) is 18.4 Å². The summed E-state index contributed by atoms with van der Waals surface area (Å²) >= 11 is 1.45. The van der Waals surface area contributed by atoms with Crippen molar-refractivity contribution in [3.05, 3.63) is 42.4 Å². The number of methoxy groups -OCH3 is 1. The normalized spacial score (nSPS) is 13.7. The molecular formula is C19H21N5O2S. The summed E-state index contributed by atoms with van der Waals surface area (Å²) in [4.78, 5) is 23.4. The van der Waals surface area contributed by atoms with Crippen LogP contribution >= 0.6 is 11.8 Å². The SMILES string of the molecule is COc1ccc(CN(C(=O)CSc2ncnc3c2cnn3C)C2CC2)cc1. The van der Waals surface area contributed by atoms with Crippen molar-refractivity contribution in [2.45, 2.75) is 30.5 Å². The molecule has 1 aliphatic carbocycles. The average Bonchev–Trinajstić information content (AvgIpc) is 3.47. The third kappa shape index (κ3) is 3.90. The fraction of sp³-hybridized carbons (Fsp3) is 0.368. The van der Waals surface area contributed by atoms with E-state index in [4.69, 9.17) is 4.74 Å². The zero-order chi connectivity index (χ0) is 18.8. The number of hydrogen-bond donors (Lipinski definition) is 0. The maximum Gasteiger partial charge on any atom is 0.233 e. The second kappa shape index (κ2) is 7.56. The number of aromatic nitrogens is 4. The van der Waals surface area contributed by atoms with Gasteiger partial charge in [0.2, 0.25) is 5.91 Å². The molecule has 1 saturated carbocycles. The average molecular weight is 383 g/mol. The van der Waals surface area contributed by atoms with Crippen molar-refractivity contribution in [2.24, 2.45) is 7.05 Å². The standard InChI is InChI=1S/C19H21N5O2S/c1-23-18-16(9-22-23)19(21-12-20-18)27-11-17(25)24(14-5-6-14)10-13-3-7-15(26-2)8-4-13/h3-4,7-9,12,14H,5-6,10-11H2,1-2H3. The highest BCUT2D eigenvalue weighted by molar-refractivity contribution is 8.00. The molecule has 0 unspecified atom stereocenters. The van der Waals surface area contributed by atoms with Crippen molar-refractivity contribution in [3.8, 4) is 5.75 Å². The summed E-state index contributed by atoms with van der Waals surface area (Å²) < 4.78 is 6.91. The molecule has 27 heavy (non-hydrogen) atoms. The highest BCUT2D eigenvalue weighted by atomic mass is 32.2. The molecule has 4 rings (SSSR count). The van der Waals surface area contributed by atoms with E-state index in [1.54, 1.807) is 18.0 Å². The van der Waals surface area contributed by atoms with Crippen LogP contribution in [0.5, 0.6) is 5.75 Å². The lowest BCUT2D eigenvalue weighted by atomic mass is 10.2. The molecule has 0 atom stereocenters. The summed E-state index contributed by atoms with van der Waals surface area (Å²) in [7, 11) is 3.50. The Bertz CT molecular complexity index is 952. The molecular weight excluding hydrogens is 362 g/mol. The zero-order valence-corrected chi connectivity index (χ0v) is 16.1. The third-order valence-electron chi connectivity index (χ3n) is 4.65. The van der Waals surface area contributed by atoms with Gasteiger partial charge in [-0.25, -0.2) is 9.97 Å². The Balaban J connectivity index is 1.44. The van der Waals surface area contributed by atoms with Crippen LogP contribution < -0.4 is 4.74 Å². The molecule has 1 fully saturated rings. The maximum atomic E-state index is 12.9. The summed E-state index contributed by atoms with van der Waals surface area (Å²) in [5.74, 6) is 1.31. The number of thioether (sulfide) groups is 1. The summed E-state index contributed by atoms with van der Waals surface area (Å²) in [6.07, 6.45) is 5.42. The van der Waals surface area contributed by atoms with Crippen molar-refractivity contribution >= 4 is 28.7 Å². The van der Waals surface area contributed by atoms with Gasteiger partial charge in [0.15, 0.2) is 5.65 Å². The van der Waals surface area contributed by atoms with Crippen LogP contribution in [0.3, 0.4) is 0 Å². The van der Waals surface area contributed by atoms with Crippen LogP contribution in [0.1, 0.15) is 18.4 Å². The Kier molecular flexibility index (Phi) is 4.98. The number of ether oxygens (including phenoxy) is 1.